The van der Waals surface area contributed by atoms with E-state index < -0.39 is 0 Å². The monoisotopic (exact) mass is 357 g/mol. The second-order valence-electron chi connectivity index (χ2n) is 6.96. The zero-order valence-electron chi connectivity index (χ0n) is 15.7. The van der Waals surface area contributed by atoms with Crippen LogP contribution >= 0.6 is 0 Å². The molecule has 1 aliphatic rings. The zero-order valence-corrected chi connectivity index (χ0v) is 15.7. The van der Waals surface area contributed by atoms with Gasteiger partial charge in [-0.2, -0.15) is 0 Å². The topological polar surface area (TPSA) is 86.3 Å². The van der Waals surface area contributed by atoms with Crippen molar-refractivity contribution in [3.05, 3.63) is 35.7 Å². The van der Waals surface area contributed by atoms with Crippen LogP contribution in [0, 0.1) is 0 Å². The molecule has 0 radical (unpaired) electrons. The average molecular weight is 357 g/mol. The lowest BCUT2D eigenvalue weighted by Gasteiger charge is -2.30. The molecule has 0 bridgehead atoms. The summed E-state index contributed by atoms with van der Waals surface area (Å²) in [6.07, 6.45) is 2.68. The number of ether oxygens (including phenoxy) is 1. The predicted octanol–water partition coefficient (Wildman–Crippen LogP) is 2.18. The van der Waals surface area contributed by atoms with Gasteiger partial charge in [-0.25, -0.2) is 4.68 Å². The third-order valence-electron chi connectivity index (χ3n) is 4.50. The quantitative estimate of drug-likeness (QED) is 0.886. The molecular weight excluding hydrogens is 330 g/mol. The second kappa shape index (κ2) is 7.86. The number of nitrogens with zero attached hydrogens (tertiary/aromatic N) is 4. The number of hydrogen-bond acceptors (Lipinski definition) is 5. The minimum Gasteiger partial charge on any atom is -0.491 e. The standard InChI is InChI=1S/C19H27N5O2/c1-4-17-18(19(25)23-11-5-6-14(20)12-23)21-22-24(17)15-7-9-16(10-8-15)26-13(2)3/h7-10,13-14H,4-6,11-12,20H2,1-3H3/t14-/m0/s1. The molecule has 26 heavy (non-hydrogen) atoms. The van der Waals surface area contributed by atoms with E-state index in [1.807, 2.05) is 45.0 Å². The van der Waals surface area contributed by atoms with Crippen molar-refractivity contribution in [1.29, 1.82) is 0 Å². The Morgan fingerprint density at radius 3 is 2.69 bits per heavy atom. The van der Waals surface area contributed by atoms with Gasteiger partial charge in [-0.15, -0.1) is 5.10 Å². The summed E-state index contributed by atoms with van der Waals surface area (Å²) in [6, 6.07) is 7.71. The van der Waals surface area contributed by atoms with Crippen molar-refractivity contribution in [2.24, 2.45) is 5.73 Å². The molecule has 1 aromatic carbocycles. The summed E-state index contributed by atoms with van der Waals surface area (Å²) in [5, 5.41) is 8.41. The van der Waals surface area contributed by atoms with Gasteiger partial charge >= 0.3 is 0 Å². The number of amides is 1. The number of nitrogens with two attached hydrogens (primary N) is 1. The Bertz CT molecular complexity index is 754. The second-order valence-corrected chi connectivity index (χ2v) is 6.96. The van der Waals surface area contributed by atoms with E-state index in [2.05, 4.69) is 10.3 Å². The van der Waals surface area contributed by atoms with E-state index in [0.29, 0.717) is 18.7 Å². The fourth-order valence-electron chi connectivity index (χ4n) is 3.27. The molecule has 7 nitrogen and oxygen atoms in total. The molecule has 0 saturated carbocycles. The molecule has 1 fully saturated rings. The minimum absolute atomic E-state index is 0.0429. The van der Waals surface area contributed by atoms with Crippen molar-refractivity contribution in [3.63, 3.8) is 0 Å². The van der Waals surface area contributed by atoms with E-state index in [9.17, 15) is 4.79 Å². The number of rotatable bonds is 5. The molecule has 0 spiro atoms. The molecule has 1 aliphatic heterocycles. The van der Waals surface area contributed by atoms with Gasteiger partial charge in [0.1, 0.15) is 5.75 Å². The molecule has 0 unspecified atom stereocenters. The third kappa shape index (κ3) is 3.88. The molecule has 2 heterocycles. The summed E-state index contributed by atoms with van der Waals surface area (Å²) in [6.45, 7) is 7.29. The number of carbonyl (C=O) groups excluding carboxylic acids is 1. The first-order chi connectivity index (χ1) is 12.5. The first-order valence-corrected chi connectivity index (χ1v) is 9.26. The van der Waals surface area contributed by atoms with Gasteiger partial charge in [0.05, 0.1) is 17.5 Å². The van der Waals surface area contributed by atoms with Crippen molar-refractivity contribution in [1.82, 2.24) is 19.9 Å². The summed E-state index contributed by atoms with van der Waals surface area (Å²) < 4.78 is 7.41. The number of aromatic nitrogens is 3. The Hall–Kier alpha value is -2.41. The van der Waals surface area contributed by atoms with Gasteiger partial charge in [0.2, 0.25) is 0 Å². The summed E-state index contributed by atoms with van der Waals surface area (Å²) in [5.41, 5.74) is 8.10. The molecule has 1 amide bonds. The van der Waals surface area contributed by atoms with Crippen LogP contribution in [0.1, 0.15) is 49.8 Å². The number of piperidine rings is 1. The van der Waals surface area contributed by atoms with Gasteiger partial charge < -0.3 is 15.4 Å². The Labute approximate surface area is 154 Å². The molecule has 7 heteroatoms. The lowest BCUT2D eigenvalue weighted by atomic mass is 10.1. The number of carbonyl (C=O) groups is 1. The normalized spacial score (nSPS) is 17.6. The van der Waals surface area contributed by atoms with Crippen molar-refractivity contribution < 1.29 is 9.53 Å². The Kier molecular flexibility index (Phi) is 5.56. The Morgan fingerprint density at radius 2 is 2.08 bits per heavy atom. The highest BCUT2D eigenvalue weighted by molar-refractivity contribution is 5.93. The highest BCUT2D eigenvalue weighted by Crippen LogP contribution is 2.20. The van der Waals surface area contributed by atoms with Crippen LogP contribution in [0.2, 0.25) is 0 Å². The maximum Gasteiger partial charge on any atom is 0.276 e. The first-order valence-electron chi connectivity index (χ1n) is 9.26. The summed E-state index contributed by atoms with van der Waals surface area (Å²) in [7, 11) is 0. The molecular formula is C19H27N5O2. The van der Waals surface area contributed by atoms with Gasteiger partial charge in [0, 0.05) is 19.1 Å². The summed E-state index contributed by atoms with van der Waals surface area (Å²) >= 11 is 0. The highest BCUT2D eigenvalue weighted by Gasteiger charge is 2.27. The van der Waals surface area contributed by atoms with Crippen LogP contribution in [0.25, 0.3) is 5.69 Å². The van der Waals surface area contributed by atoms with E-state index in [-0.39, 0.29) is 18.1 Å². The summed E-state index contributed by atoms with van der Waals surface area (Å²) in [5.74, 6) is 0.725. The average Bonchev–Trinajstić information content (AvgIpc) is 3.05. The van der Waals surface area contributed by atoms with E-state index in [1.165, 1.54) is 0 Å². The third-order valence-corrected chi connectivity index (χ3v) is 4.50. The SMILES string of the molecule is CCc1c(C(=O)N2CCC[C@H](N)C2)nnn1-c1ccc(OC(C)C)cc1. The fraction of sp³-hybridized carbons (Fsp3) is 0.526. The predicted molar refractivity (Wildman–Crippen MR) is 99.6 cm³/mol. The van der Waals surface area contributed by atoms with Crippen molar-refractivity contribution in [2.75, 3.05) is 13.1 Å². The van der Waals surface area contributed by atoms with E-state index in [4.69, 9.17) is 10.5 Å². The lowest BCUT2D eigenvalue weighted by Crippen LogP contribution is -2.46. The van der Waals surface area contributed by atoms with Gasteiger partial charge in [0.25, 0.3) is 5.91 Å². The first kappa shape index (κ1) is 18.4. The van der Waals surface area contributed by atoms with Gasteiger partial charge in [-0.05, 0) is 57.4 Å². The number of likely N-dealkylation sites (tertiary alicyclic amines) is 1. The molecule has 2 aromatic rings. The minimum atomic E-state index is -0.0805. The number of benzene rings is 1. The highest BCUT2D eigenvalue weighted by atomic mass is 16.5. The summed E-state index contributed by atoms with van der Waals surface area (Å²) in [4.78, 5) is 14.7. The maximum atomic E-state index is 12.9. The molecule has 1 aromatic heterocycles. The molecule has 0 aliphatic carbocycles. The molecule has 2 N–H and O–H groups in total. The Balaban J connectivity index is 1.85. The molecule has 1 atom stereocenters. The van der Waals surface area contributed by atoms with Crippen LogP contribution in [0.15, 0.2) is 24.3 Å². The molecule has 1 saturated heterocycles. The van der Waals surface area contributed by atoms with Crippen LogP contribution in [-0.4, -0.2) is 51.0 Å². The molecule has 140 valence electrons. The van der Waals surface area contributed by atoms with Crippen LogP contribution in [0.4, 0.5) is 0 Å². The van der Waals surface area contributed by atoms with Crippen LogP contribution < -0.4 is 10.5 Å². The molecule has 3 rings (SSSR count). The van der Waals surface area contributed by atoms with E-state index in [1.54, 1.807) is 9.58 Å². The Morgan fingerprint density at radius 1 is 1.35 bits per heavy atom. The van der Waals surface area contributed by atoms with Crippen molar-refractivity contribution >= 4 is 5.91 Å². The largest absolute Gasteiger partial charge is 0.491 e. The number of hydrogen-bond donors (Lipinski definition) is 1. The van der Waals surface area contributed by atoms with Crippen LogP contribution in [0.3, 0.4) is 0 Å². The van der Waals surface area contributed by atoms with Crippen LogP contribution in [0.5, 0.6) is 5.75 Å². The zero-order chi connectivity index (χ0) is 18.7. The van der Waals surface area contributed by atoms with E-state index in [0.717, 1.165) is 36.5 Å². The van der Waals surface area contributed by atoms with Gasteiger partial charge in [0.15, 0.2) is 5.69 Å². The van der Waals surface area contributed by atoms with Gasteiger partial charge in [-0.1, -0.05) is 12.1 Å². The maximum absolute atomic E-state index is 12.9. The lowest BCUT2D eigenvalue weighted by molar-refractivity contribution is 0.0701. The van der Waals surface area contributed by atoms with Crippen LogP contribution in [-0.2, 0) is 6.42 Å². The fourth-order valence-corrected chi connectivity index (χ4v) is 3.27. The van der Waals surface area contributed by atoms with Crippen molar-refractivity contribution in [3.8, 4) is 11.4 Å². The van der Waals surface area contributed by atoms with Gasteiger partial charge in [-0.3, -0.25) is 4.79 Å². The van der Waals surface area contributed by atoms with E-state index >= 15 is 0 Å². The van der Waals surface area contributed by atoms with Crippen molar-refractivity contribution in [2.45, 2.75) is 52.2 Å². The smallest absolute Gasteiger partial charge is 0.276 e.